The summed E-state index contributed by atoms with van der Waals surface area (Å²) in [5.74, 6) is 0.0942. The number of tetrazole rings is 1. The third-order valence-corrected chi connectivity index (χ3v) is 5.03. The van der Waals surface area contributed by atoms with Crippen molar-refractivity contribution in [2.24, 2.45) is 7.05 Å². The zero-order valence-electron chi connectivity index (χ0n) is 15.4. The van der Waals surface area contributed by atoms with Crippen LogP contribution in [-0.4, -0.2) is 44.5 Å². The minimum atomic E-state index is -3.86. The summed E-state index contributed by atoms with van der Waals surface area (Å²) >= 11 is 0. The van der Waals surface area contributed by atoms with Crippen LogP contribution in [0.2, 0.25) is 0 Å². The van der Waals surface area contributed by atoms with E-state index in [9.17, 15) is 13.2 Å². The van der Waals surface area contributed by atoms with Gasteiger partial charge < -0.3 is 5.32 Å². The number of sulfonamides is 1. The Balaban J connectivity index is 1.69. The number of nitrogens with one attached hydrogen (secondary N) is 2. The average Bonchev–Trinajstić information content (AvgIpc) is 2.98. The summed E-state index contributed by atoms with van der Waals surface area (Å²) in [7, 11) is -2.22. The normalized spacial score (nSPS) is 11.2. The van der Waals surface area contributed by atoms with Gasteiger partial charge in [0.1, 0.15) is 0 Å². The highest BCUT2D eigenvalue weighted by Crippen LogP contribution is 2.17. The Labute approximate surface area is 161 Å². The highest BCUT2D eigenvalue weighted by Gasteiger charge is 2.16. The van der Waals surface area contributed by atoms with Gasteiger partial charge in [-0.3, -0.25) is 4.79 Å². The lowest BCUT2D eigenvalue weighted by molar-refractivity contribution is -0.115. The van der Waals surface area contributed by atoms with Crippen LogP contribution in [-0.2, 0) is 28.3 Å². The molecule has 0 atom stereocenters. The van der Waals surface area contributed by atoms with Crippen molar-refractivity contribution in [1.82, 2.24) is 30.2 Å². The van der Waals surface area contributed by atoms with Gasteiger partial charge in [0.2, 0.25) is 11.9 Å². The minimum absolute atomic E-state index is 0.00481. The molecule has 3 aromatic rings. The van der Waals surface area contributed by atoms with Gasteiger partial charge in [0.25, 0.3) is 10.0 Å². The number of carbonyl (C=O) groups is 1. The molecule has 1 amide bonds. The molecule has 28 heavy (non-hydrogen) atoms. The molecular weight excluding hydrogens is 384 g/mol. The van der Waals surface area contributed by atoms with Crippen molar-refractivity contribution in [3.63, 3.8) is 0 Å². The van der Waals surface area contributed by atoms with E-state index in [1.807, 2.05) is 0 Å². The molecular formula is C16H18N8O3S. The van der Waals surface area contributed by atoms with Crippen LogP contribution in [0.5, 0.6) is 0 Å². The Morgan fingerprint density at radius 3 is 2.32 bits per heavy atom. The number of hydrogen-bond donors (Lipinski definition) is 2. The van der Waals surface area contributed by atoms with Gasteiger partial charge in [0.05, 0.1) is 11.3 Å². The van der Waals surface area contributed by atoms with Crippen molar-refractivity contribution in [3.8, 4) is 0 Å². The van der Waals surface area contributed by atoms with Crippen molar-refractivity contribution in [2.75, 3.05) is 10.0 Å². The zero-order chi connectivity index (χ0) is 20.3. The lowest BCUT2D eigenvalue weighted by Crippen LogP contribution is -2.18. The molecule has 0 aliphatic carbocycles. The van der Waals surface area contributed by atoms with E-state index in [1.165, 1.54) is 28.9 Å². The van der Waals surface area contributed by atoms with Gasteiger partial charge in [-0.15, -0.1) is 5.10 Å². The van der Waals surface area contributed by atoms with Gasteiger partial charge in [-0.25, -0.2) is 27.8 Å². The fourth-order valence-electron chi connectivity index (χ4n) is 2.41. The first-order valence-electron chi connectivity index (χ1n) is 8.19. The number of amides is 1. The molecule has 12 heteroatoms. The Kier molecular flexibility index (Phi) is 5.31. The summed E-state index contributed by atoms with van der Waals surface area (Å²) in [6, 6.07) is 7.48. The fraction of sp³-hybridized carbons (Fsp3) is 0.250. The van der Waals surface area contributed by atoms with E-state index >= 15 is 0 Å². The largest absolute Gasteiger partial charge is 0.326 e. The topological polar surface area (TPSA) is 145 Å². The van der Waals surface area contributed by atoms with Crippen LogP contribution in [0.3, 0.4) is 0 Å². The highest BCUT2D eigenvalue weighted by molar-refractivity contribution is 7.92. The van der Waals surface area contributed by atoms with E-state index in [-0.39, 0.29) is 23.2 Å². The molecule has 0 unspecified atom stereocenters. The third kappa shape index (κ3) is 4.65. The van der Waals surface area contributed by atoms with Crippen molar-refractivity contribution >= 4 is 27.6 Å². The molecule has 2 heterocycles. The van der Waals surface area contributed by atoms with Gasteiger partial charge in [0.15, 0.2) is 5.82 Å². The van der Waals surface area contributed by atoms with Crippen LogP contribution in [0.1, 0.15) is 17.2 Å². The van der Waals surface area contributed by atoms with Crippen molar-refractivity contribution in [2.45, 2.75) is 25.2 Å². The molecule has 0 spiro atoms. The lowest BCUT2D eigenvalue weighted by atomic mass is 10.3. The van der Waals surface area contributed by atoms with Crippen LogP contribution < -0.4 is 10.0 Å². The summed E-state index contributed by atoms with van der Waals surface area (Å²) in [5.41, 5.74) is 1.75. The van der Waals surface area contributed by atoms with E-state index in [4.69, 9.17) is 0 Å². The van der Waals surface area contributed by atoms with E-state index in [2.05, 4.69) is 35.5 Å². The second-order valence-electron chi connectivity index (χ2n) is 6.05. The monoisotopic (exact) mass is 402 g/mol. The molecule has 146 valence electrons. The maximum Gasteiger partial charge on any atom is 0.264 e. The molecule has 2 N–H and O–H groups in total. The van der Waals surface area contributed by atoms with E-state index in [0.29, 0.717) is 22.9 Å². The Morgan fingerprint density at radius 1 is 1.11 bits per heavy atom. The summed E-state index contributed by atoms with van der Waals surface area (Å²) in [4.78, 5) is 20.2. The summed E-state index contributed by atoms with van der Waals surface area (Å²) in [6.07, 6.45) is -0.00481. The quantitative estimate of drug-likeness (QED) is 0.610. The summed E-state index contributed by atoms with van der Waals surface area (Å²) < 4.78 is 28.8. The molecule has 0 fully saturated rings. The second-order valence-corrected chi connectivity index (χ2v) is 7.73. The predicted molar refractivity (Wildman–Crippen MR) is 99.9 cm³/mol. The smallest absolute Gasteiger partial charge is 0.264 e. The van der Waals surface area contributed by atoms with Gasteiger partial charge in [-0.05, 0) is 54.6 Å². The molecule has 0 saturated carbocycles. The number of aryl methyl sites for hydroxylation is 3. The number of rotatable bonds is 6. The maximum absolute atomic E-state index is 12.5. The van der Waals surface area contributed by atoms with Crippen LogP contribution >= 0.6 is 0 Å². The molecule has 0 radical (unpaired) electrons. The summed E-state index contributed by atoms with van der Waals surface area (Å²) in [5, 5.41) is 13.5. The molecule has 0 aliphatic heterocycles. The Morgan fingerprint density at radius 2 is 1.75 bits per heavy atom. The Hall–Kier alpha value is -3.41. The number of carbonyl (C=O) groups excluding carboxylic acids is 1. The first-order valence-corrected chi connectivity index (χ1v) is 9.67. The number of hydrogen-bond acceptors (Lipinski definition) is 8. The van der Waals surface area contributed by atoms with Crippen molar-refractivity contribution in [3.05, 3.63) is 47.5 Å². The number of benzene rings is 1. The van der Waals surface area contributed by atoms with Gasteiger partial charge in [-0.2, -0.15) is 0 Å². The molecule has 0 bridgehead atoms. The van der Waals surface area contributed by atoms with Gasteiger partial charge >= 0.3 is 0 Å². The molecule has 0 saturated heterocycles. The first-order chi connectivity index (χ1) is 13.2. The predicted octanol–water partition coefficient (Wildman–Crippen LogP) is 0.599. The van der Waals surface area contributed by atoms with Gasteiger partial charge in [-0.1, -0.05) is 0 Å². The molecule has 3 rings (SSSR count). The van der Waals surface area contributed by atoms with E-state index in [0.717, 1.165) is 0 Å². The minimum Gasteiger partial charge on any atom is -0.326 e. The lowest BCUT2D eigenvalue weighted by Gasteiger charge is -2.09. The van der Waals surface area contributed by atoms with Crippen LogP contribution in [0.4, 0.5) is 11.6 Å². The highest BCUT2D eigenvalue weighted by atomic mass is 32.2. The zero-order valence-corrected chi connectivity index (χ0v) is 16.2. The van der Waals surface area contributed by atoms with Crippen LogP contribution in [0.25, 0.3) is 0 Å². The fourth-order valence-corrected chi connectivity index (χ4v) is 3.36. The third-order valence-electron chi connectivity index (χ3n) is 3.68. The van der Waals surface area contributed by atoms with Gasteiger partial charge in [0, 0.05) is 24.1 Å². The molecule has 11 nitrogen and oxygen atoms in total. The van der Waals surface area contributed by atoms with Crippen molar-refractivity contribution in [1.29, 1.82) is 0 Å². The van der Waals surface area contributed by atoms with E-state index in [1.54, 1.807) is 27.0 Å². The number of aromatic nitrogens is 6. The number of nitrogens with zero attached hydrogens (tertiary/aromatic N) is 6. The number of anilines is 2. The van der Waals surface area contributed by atoms with E-state index < -0.39 is 10.0 Å². The first kappa shape index (κ1) is 19.4. The summed E-state index contributed by atoms with van der Waals surface area (Å²) in [6.45, 7) is 3.50. The van der Waals surface area contributed by atoms with Crippen LogP contribution in [0, 0.1) is 13.8 Å². The SMILES string of the molecule is Cc1cc(C)nc(NS(=O)(=O)c2ccc(NC(=O)Cc3nnnn3C)cc2)n1. The molecule has 1 aromatic carbocycles. The Bertz CT molecular complexity index is 1090. The van der Waals surface area contributed by atoms with Crippen LogP contribution in [0.15, 0.2) is 35.2 Å². The second kappa shape index (κ2) is 7.68. The average molecular weight is 402 g/mol. The molecule has 0 aliphatic rings. The maximum atomic E-state index is 12.5. The van der Waals surface area contributed by atoms with Crippen molar-refractivity contribution < 1.29 is 13.2 Å². The molecule has 2 aromatic heterocycles. The standard InChI is InChI=1S/C16H18N8O3S/c1-10-8-11(2)18-16(17-10)21-28(26,27)13-6-4-12(5-7-13)19-15(25)9-14-20-22-23-24(14)3/h4-8H,9H2,1-3H3,(H,19,25)(H,17,18,21).